The minimum atomic E-state index is 0.595. The van der Waals surface area contributed by atoms with Gasteiger partial charge < -0.3 is 10.2 Å². The van der Waals surface area contributed by atoms with E-state index in [2.05, 4.69) is 51.4 Å². The van der Waals surface area contributed by atoms with Gasteiger partial charge in [0.25, 0.3) is 0 Å². The largest absolute Gasteiger partial charge is 0.375 e. The van der Waals surface area contributed by atoms with Gasteiger partial charge in [-0.25, -0.2) is 0 Å². The molecule has 122 valence electrons. The summed E-state index contributed by atoms with van der Waals surface area (Å²) in [6.07, 6.45) is 6.34. The van der Waals surface area contributed by atoms with Crippen molar-refractivity contribution in [1.29, 1.82) is 0 Å². The number of nitrogens with one attached hydrogen (secondary N) is 1. The molecule has 0 aliphatic heterocycles. The summed E-state index contributed by atoms with van der Waals surface area (Å²) in [5.41, 5.74) is 4.32. The molecule has 0 radical (unpaired) electrons. The van der Waals surface area contributed by atoms with Crippen molar-refractivity contribution in [3.05, 3.63) is 23.4 Å². The Morgan fingerprint density at radius 1 is 1.29 bits per heavy atom. The molecule has 1 unspecified atom stereocenters. The third kappa shape index (κ3) is 6.25. The highest BCUT2D eigenvalue weighted by Gasteiger charge is 2.23. The maximum absolute atomic E-state index is 4.35. The Balaban J connectivity index is 2.65. The van der Waals surface area contributed by atoms with Gasteiger partial charge >= 0.3 is 0 Å². The Morgan fingerprint density at radius 3 is 2.43 bits per heavy atom. The van der Waals surface area contributed by atoms with E-state index in [0.29, 0.717) is 6.04 Å². The van der Waals surface area contributed by atoms with Gasteiger partial charge in [0.05, 0.1) is 0 Å². The molecule has 0 heterocycles. The summed E-state index contributed by atoms with van der Waals surface area (Å²) in [4.78, 5) is 2.56. The van der Waals surface area contributed by atoms with Crippen LogP contribution in [-0.4, -0.2) is 30.6 Å². The molecule has 0 aromatic carbocycles. The van der Waals surface area contributed by atoms with E-state index in [1.807, 2.05) is 0 Å². The second-order valence-corrected chi connectivity index (χ2v) is 6.50. The summed E-state index contributed by atoms with van der Waals surface area (Å²) in [5, 5.41) is 3.51. The molecule has 1 aliphatic carbocycles. The average molecular weight is 293 g/mol. The maximum Gasteiger partial charge on any atom is 0.0189 e. The minimum Gasteiger partial charge on any atom is -0.375 e. The zero-order chi connectivity index (χ0) is 15.8. The molecule has 1 aliphatic rings. The molecule has 0 bridgehead atoms. The van der Waals surface area contributed by atoms with E-state index in [1.54, 1.807) is 0 Å². The lowest BCUT2D eigenvalue weighted by Gasteiger charge is -2.29. The zero-order valence-electron chi connectivity index (χ0n) is 15.0. The minimum absolute atomic E-state index is 0.595. The van der Waals surface area contributed by atoms with Crippen LogP contribution in [0.1, 0.15) is 66.7 Å². The third-order valence-corrected chi connectivity index (χ3v) is 4.68. The number of nitrogens with zero attached hydrogens (tertiary/aromatic N) is 1. The Hall–Kier alpha value is -0.760. The van der Waals surface area contributed by atoms with E-state index in [-0.39, 0.29) is 0 Å². The van der Waals surface area contributed by atoms with Crippen molar-refractivity contribution in [3.63, 3.8) is 0 Å². The Morgan fingerprint density at radius 2 is 1.95 bits per heavy atom. The van der Waals surface area contributed by atoms with Gasteiger partial charge in [0.15, 0.2) is 0 Å². The standard InChI is InChI=1S/C19H36N2/c1-7-19(17(6)15(4)14-18-10-11-18)21(9-3)13-12-16(5)20-8-2/h16,18,20H,4,7-14H2,1-3,5-6H3/b19-17+. The summed E-state index contributed by atoms with van der Waals surface area (Å²) in [7, 11) is 0. The molecule has 1 saturated carbocycles. The Labute approximate surface area is 132 Å². The van der Waals surface area contributed by atoms with E-state index in [4.69, 9.17) is 0 Å². The summed E-state index contributed by atoms with van der Waals surface area (Å²) in [5.74, 6) is 0.925. The van der Waals surface area contributed by atoms with E-state index in [0.717, 1.165) is 32.0 Å². The summed E-state index contributed by atoms with van der Waals surface area (Å²) >= 11 is 0. The van der Waals surface area contributed by atoms with E-state index >= 15 is 0 Å². The van der Waals surface area contributed by atoms with Crippen LogP contribution in [0.5, 0.6) is 0 Å². The van der Waals surface area contributed by atoms with Crippen LogP contribution in [0.3, 0.4) is 0 Å². The Bertz CT molecular complexity index is 353. The number of hydrogen-bond acceptors (Lipinski definition) is 2. The second kappa shape index (κ2) is 9.30. The van der Waals surface area contributed by atoms with Crippen LogP contribution < -0.4 is 5.32 Å². The lowest BCUT2D eigenvalue weighted by Crippen LogP contribution is -2.32. The SMILES string of the molecule is C=C(CC1CC1)/C(C)=C(\CC)N(CC)CCC(C)NCC. The predicted octanol–water partition coefficient (Wildman–Crippen LogP) is 4.74. The predicted molar refractivity (Wildman–Crippen MR) is 94.5 cm³/mol. The third-order valence-electron chi connectivity index (χ3n) is 4.68. The molecule has 2 heteroatoms. The maximum atomic E-state index is 4.35. The van der Waals surface area contributed by atoms with Crippen LogP contribution in [0, 0.1) is 5.92 Å². The van der Waals surface area contributed by atoms with Crippen molar-refractivity contribution in [2.45, 2.75) is 72.8 Å². The highest BCUT2D eigenvalue weighted by molar-refractivity contribution is 5.31. The smallest absolute Gasteiger partial charge is 0.0189 e. The van der Waals surface area contributed by atoms with Gasteiger partial charge in [-0.1, -0.05) is 26.0 Å². The highest BCUT2D eigenvalue weighted by Crippen LogP contribution is 2.37. The van der Waals surface area contributed by atoms with Gasteiger partial charge in [-0.3, -0.25) is 0 Å². The number of rotatable bonds is 11. The molecule has 0 aromatic heterocycles. The highest BCUT2D eigenvalue weighted by atomic mass is 15.1. The van der Waals surface area contributed by atoms with Crippen molar-refractivity contribution in [2.75, 3.05) is 19.6 Å². The first-order valence-corrected chi connectivity index (χ1v) is 8.89. The van der Waals surface area contributed by atoms with Crippen molar-refractivity contribution >= 4 is 0 Å². The molecule has 1 fully saturated rings. The number of hydrogen-bond donors (Lipinski definition) is 1. The summed E-state index contributed by atoms with van der Waals surface area (Å²) in [6, 6.07) is 0.595. The van der Waals surface area contributed by atoms with Gasteiger partial charge in [0.2, 0.25) is 0 Å². The molecule has 0 saturated heterocycles. The molecular formula is C19H36N2. The zero-order valence-corrected chi connectivity index (χ0v) is 15.0. The fraction of sp³-hybridized carbons (Fsp3) is 0.789. The Kier molecular flexibility index (Phi) is 8.10. The first-order chi connectivity index (χ1) is 10.0. The van der Waals surface area contributed by atoms with Crippen molar-refractivity contribution in [3.8, 4) is 0 Å². The molecule has 0 amide bonds. The van der Waals surface area contributed by atoms with Gasteiger partial charge in [-0.05, 0) is 70.9 Å². The van der Waals surface area contributed by atoms with Crippen LogP contribution in [-0.2, 0) is 0 Å². The molecule has 1 rings (SSSR count). The monoisotopic (exact) mass is 292 g/mol. The van der Waals surface area contributed by atoms with Crippen LogP contribution >= 0.6 is 0 Å². The first kappa shape index (κ1) is 18.3. The molecule has 2 nitrogen and oxygen atoms in total. The molecule has 1 N–H and O–H groups in total. The van der Waals surface area contributed by atoms with Gasteiger partial charge in [-0.15, -0.1) is 0 Å². The van der Waals surface area contributed by atoms with Crippen LogP contribution in [0.15, 0.2) is 23.4 Å². The molecule has 1 atom stereocenters. The first-order valence-electron chi connectivity index (χ1n) is 8.89. The molecule has 21 heavy (non-hydrogen) atoms. The van der Waals surface area contributed by atoms with Crippen molar-refractivity contribution in [2.24, 2.45) is 5.92 Å². The average Bonchev–Trinajstić information content (AvgIpc) is 3.27. The second-order valence-electron chi connectivity index (χ2n) is 6.50. The van der Waals surface area contributed by atoms with E-state index < -0.39 is 0 Å². The van der Waals surface area contributed by atoms with Crippen molar-refractivity contribution in [1.82, 2.24) is 10.2 Å². The summed E-state index contributed by atoms with van der Waals surface area (Å²) in [6.45, 7) is 18.9. The normalized spacial score (nSPS) is 17.4. The fourth-order valence-electron chi connectivity index (χ4n) is 3.04. The summed E-state index contributed by atoms with van der Waals surface area (Å²) < 4.78 is 0. The topological polar surface area (TPSA) is 15.3 Å². The van der Waals surface area contributed by atoms with Gasteiger partial charge in [-0.2, -0.15) is 0 Å². The number of allylic oxidation sites excluding steroid dienone is 3. The lowest BCUT2D eigenvalue weighted by atomic mass is 9.99. The molecule has 0 spiro atoms. The van der Waals surface area contributed by atoms with Gasteiger partial charge in [0, 0.05) is 24.8 Å². The van der Waals surface area contributed by atoms with Crippen LogP contribution in [0.4, 0.5) is 0 Å². The molecular weight excluding hydrogens is 256 g/mol. The van der Waals surface area contributed by atoms with Gasteiger partial charge in [0.1, 0.15) is 0 Å². The van der Waals surface area contributed by atoms with E-state index in [9.17, 15) is 0 Å². The fourth-order valence-corrected chi connectivity index (χ4v) is 3.04. The molecule has 0 aromatic rings. The van der Waals surface area contributed by atoms with Crippen LogP contribution in [0.25, 0.3) is 0 Å². The lowest BCUT2D eigenvalue weighted by molar-refractivity contribution is 0.324. The van der Waals surface area contributed by atoms with Crippen molar-refractivity contribution < 1.29 is 0 Å². The van der Waals surface area contributed by atoms with E-state index in [1.165, 1.54) is 42.5 Å². The van der Waals surface area contributed by atoms with Crippen LogP contribution in [0.2, 0.25) is 0 Å². The quantitative estimate of drug-likeness (QED) is 0.553.